The number of hydrogen-bond donors (Lipinski definition) is 2. The molecule has 3 rings (SSSR count). The molecule has 8 heteroatoms. The highest BCUT2D eigenvalue weighted by Gasteiger charge is 2.28. The van der Waals surface area contributed by atoms with Crippen molar-refractivity contribution in [2.75, 3.05) is 30.4 Å². The summed E-state index contributed by atoms with van der Waals surface area (Å²) in [5, 5.41) is 16.8. The maximum atomic E-state index is 9.72. The molecule has 0 radical (unpaired) electrons. The first kappa shape index (κ1) is 13.7. The van der Waals surface area contributed by atoms with Crippen LogP contribution in [0.1, 0.15) is 13.3 Å². The Balaban J connectivity index is 1.90. The third-order valence-corrected chi connectivity index (χ3v) is 3.73. The zero-order valence-corrected chi connectivity index (χ0v) is 12.1. The average Bonchev–Trinajstić information content (AvgIpc) is 3.18. The van der Waals surface area contributed by atoms with Crippen LogP contribution in [0.25, 0.3) is 5.95 Å². The fraction of sp³-hybridized carbons (Fsp3) is 0.538. The van der Waals surface area contributed by atoms with Crippen molar-refractivity contribution in [3.63, 3.8) is 0 Å². The quantitative estimate of drug-likeness (QED) is 0.836. The molecular weight excluding hydrogens is 270 g/mol. The molecule has 1 aliphatic rings. The van der Waals surface area contributed by atoms with E-state index in [2.05, 4.69) is 30.3 Å². The Labute approximate surface area is 122 Å². The van der Waals surface area contributed by atoms with Gasteiger partial charge >= 0.3 is 0 Å². The van der Waals surface area contributed by atoms with E-state index in [0.29, 0.717) is 17.8 Å². The molecule has 1 aliphatic heterocycles. The molecule has 0 aliphatic carbocycles. The van der Waals surface area contributed by atoms with E-state index < -0.39 is 0 Å². The van der Waals surface area contributed by atoms with Crippen molar-refractivity contribution >= 4 is 11.9 Å². The molecule has 2 atom stereocenters. The van der Waals surface area contributed by atoms with Gasteiger partial charge in [0, 0.05) is 38.4 Å². The summed E-state index contributed by atoms with van der Waals surface area (Å²) in [5.74, 6) is 1.86. The van der Waals surface area contributed by atoms with Crippen molar-refractivity contribution in [2.45, 2.75) is 19.4 Å². The number of nitrogens with zero attached hydrogens (tertiary/aromatic N) is 6. The van der Waals surface area contributed by atoms with E-state index >= 15 is 0 Å². The van der Waals surface area contributed by atoms with E-state index in [9.17, 15) is 5.11 Å². The van der Waals surface area contributed by atoms with Crippen molar-refractivity contribution in [1.82, 2.24) is 24.7 Å². The van der Waals surface area contributed by atoms with Gasteiger partial charge in [-0.25, -0.2) is 4.68 Å². The fourth-order valence-corrected chi connectivity index (χ4v) is 2.46. The van der Waals surface area contributed by atoms with Crippen molar-refractivity contribution in [3.05, 3.63) is 18.5 Å². The lowest BCUT2D eigenvalue weighted by Gasteiger charge is -2.18. The van der Waals surface area contributed by atoms with Crippen LogP contribution < -0.4 is 10.2 Å². The largest absolute Gasteiger partial charge is 0.393 e. The molecule has 0 amide bonds. The van der Waals surface area contributed by atoms with E-state index in [-0.39, 0.29) is 12.0 Å². The first-order chi connectivity index (χ1) is 10.2. The second kappa shape index (κ2) is 5.65. The Morgan fingerprint density at radius 2 is 2.14 bits per heavy atom. The summed E-state index contributed by atoms with van der Waals surface area (Å²) in [6, 6.07) is 1.82. The van der Waals surface area contributed by atoms with Crippen molar-refractivity contribution in [2.24, 2.45) is 5.92 Å². The van der Waals surface area contributed by atoms with Crippen LogP contribution in [0.4, 0.5) is 11.9 Å². The van der Waals surface area contributed by atoms with Gasteiger partial charge in [-0.05, 0) is 19.4 Å². The number of aliphatic hydroxyl groups is 1. The van der Waals surface area contributed by atoms with E-state index in [1.807, 2.05) is 13.0 Å². The summed E-state index contributed by atoms with van der Waals surface area (Å²) < 4.78 is 1.61. The molecule has 1 fully saturated rings. The van der Waals surface area contributed by atoms with Gasteiger partial charge in [0.15, 0.2) is 0 Å². The second-order valence-corrected chi connectivity index (χ2v) is 5.20. The molecule has 3 heterocycles. The SMILES string of the molecule is CNc1nc(N2CCC(C(C)O)C2)nc(-n2cccn2)n1. The zero-order chi connectivity index (χ0) is 14.8. The standard InChI is InChI=1S/C13H19N7O/c1-9(21)10-4-7-19(8-10)12-16-11(14-2)17-13(18-12)20-6-3-5-15-20/h3,5-6,9-10,21H,4,7-8H2,1-2H3,(H,14,16,17,18). The maximum absolute atomic E-state index is 9.72. The molecule has 0 aromatic carbocycles. The van der Waals surface area contributed by atoms with Crippen LogP contribution >= 0.6 is 0 Å². The van der Waals surface area contributed by atoms with Gasteiger partial charge in [-0.2, -0.15) is 20.1 Å². The number of rotatable bonds is 4. The third kappa shape index (κ3) is 2.80. The van der Waals surface area contributed by atoms with Crippen LogP contribution in [-0.2, 0) is 0 Å². The molecule has 0 spiro atoms. The maximum Gasteiger partial charge on any atom is 0.257 e. The molecule has 0 bridgehead atoms. The van der Waals surface area contributed by atoms with E-state index in [4.69, 9.17) is 0 Å². The zero-order valence-electron chi connectivity index (χ0n) is 12.1. The highest BCUT2D eigenvalue weighted by molar-refractivity contribution is 5.40. The minimum atomic E-state index is -0.314. The van der Waals surface area contributed by atoms with E-state index in [0.717, 1.165) is 19.5 Å². The molecular formula is C13H19N7O. The summed E-state index contributed by atoms with van der Waals surface area (Å²) >= 11 is 0. The average molecular weight is 289 g/mol. The Kier molecular flexibility index (Phi) is 3.70. The number of anilines is 2. The molecule has 1 saturated heterocycles. The van der Waals surface area contributed by atoms with Crippen LogP contribution in [0.15, 0.2) is 18.5 Å². The van der Waals surface area contributed by atoms with E-state index in [1.54, 1.807) is 24.1 Å². The van der Waals surface area contributed by atoms with Crippen LogP contribution in [-0.4, -0.2) is 56.1 Å². The predicted molar refractivity (Wildman–Crippen MR) is 78.5 cm³/mol. The molecule has 0 saturated carbocycles. The molecule has 21 heavy (non-hydrogen) atoms. The fourth-order valence-electron chi connectivity index (χ4n) is 2.46. The van der Waals surface area contributed by atoms with Gasteiger partial charge in [0.05, 0.1) is 6.10 Å². The summed E-state index contributed by atoms with van der Waals surface area (Å²) in [5.41, 5.74) is 0. The van der Waals surface area contributed by atoms with Gasteiger partial charge in [-0.15, -0.1) is 0 Å². The molecule has 2 N–H and O–H groups in total. The molecule has 2 aromatic rings. The Morgan fingerprint density at radius 3 is 2.76 bits per heavy atom. The van der Waals surface area contributed by atoms with Crippen molar-refractivity contribution in [3.8, 4) is 5.95 Å². The molecule has 2 aromatic heterocycles. The van der Waals surface area contributed by atoms with Crippen molar-refractivity contribution < 1.29 is 5.11 Å². The van der Waals surface area contributed by atoms with E-state index in [1.165, 1.54) is 0 Å². The third-order valence-electron chi connectivity index (χ3n) is 3.73. The first-order valence-electron chi connectivity index (χ1n) is 7.04. The van der Waals surface area contributed by atoms with Gasteiger partial charge in [0.25, 0.3) is 5.95 Å². The monoisotopic (exact) mass is 289 g/mol. The van der Waals surface area contributed by atoms with Crippen molar-refractivity contribution in [1.29, 1.82) is 0 Å². The predicted octanol–water partition coefficient (Wildman–Crippen LogP) is 0.306. The van der Waals surface area contributed by atoms with Gasteiger partial charge < -0.3 is 15.3 Å². The number of aliphatic hydroxyl groups excluding tert-OH is 1. The second-order valence-electron chi connectivity index (χ2n) is 5.20. The van der Waals surface area contributed by atoms with Gasteiger partial charge in [0.1, 0.15) is 0 Å². The number of nitrogens with one attached hydrogen (secondary N) is 1. The topological polar surface area (TPSA) is 92.0 Å². The van der Waals surface area contributed by atoms with Gasteiger partial charge in [0.2, 0.25) is 11.9 Å². The highest BCUT2D eigenvalue weighted by atomic mass is 16.3. The first-order valence-corrected chi connectivity index (χ1v) is 7.04. The number of aromatic nitrogens is 5. The Morgan fingerprint density at radius 1 is 1.33 bits per heavy atom. The lowest BCUT2D eigenvalue weighted by molar-refractivity contribution is 0.136. The lowest BCUT2D eigenvalue weighted by Crippen LogP contribution is -2.26. The molecule has 8 nitrogen and oxygen atoms in total. The minimum Gasteiger partial charge on any atom is -0.393 e. The smallest absolute Gasteiger partial charge is 0.257 e. The lowest BCUT2D eigenvalue weighted by atomic mass is 10.0. The summed E-state index contributed by atoms with van der Waals surface area (Å²) in [6.45, 7) is 3.42. The minimum absolute atomic E-state index is 0.257. The normalized spacial score (nSPS) is 19.8. The Hall–Kier alpha value is -2.22. The summed E-state index contributed by atoms with van der Waals surface area (Å²) in [6.07, 6.45) is 4.10. The molecule has 112 valence electrons. The van der Waals surface area contributed by atoms with Crippen LogP contribution in [0, 0.1) is 5.92 Å². The summed E-state index contributed by atoms with van der Waals surface area (Å²) in [4.78, 5) is 15.3. The van der Waals surface area contributed by atoms with Gasteiger partial charge in [-0.1, -0.05) is 0 Å². The molecule has 2 unspecified atom stereocenters. The van der Waals surface area contributed by atoms with Gasteiger partial charge in [-0.3, -0.25) is 0 Å². The van der Waals surface area contributed by atoms with Crippen LogP contribution in [0.2, 0.25) is 0 Å². The highest BCUT2D eigenvalue weighted by Crippen LogP contribution is 2.24. The van der Waals surface area contributed by atoms with Crippen LogP contribution in [0.5, 0.6) is 0 Å². The Bertz CT molecular complexity index is 599. The number of hydrogen-bond acceptors (Lipinski definition) is 7. The summed E-state index contributed by atoms with van der Waals surface area (Å²) in [7, 11) is 1.77. The van der Waals surface area contributed by atoms with Crippen LogP contribution in [0.3, 0.4) is 0 Å².